The number of likely N-dealkylation sites (tertiary alicyclic amines) is 1. The Hall–Kier alpha value is -3.25. The Morgan fingerprint density at radius 2 is 2.23 bits per heavy atom. The molecule has 5 rings (SSSR count). The van der Waals surface area contributed by atoms with Crippen LogP contribution < -0.4 is 10.3 Å². The average molecular weight is 421 g/mol. The molecule has 2 fully saturated rings. The molecular weight excluding hydrogens is 402 g/mol. The highest BCUT2D eigenvalue weighted by Gasteiger charge is 2.48. The molecule has 30 heavy (non-hydrogen) atoms. The van der Waals surface area contributed by atoms with Gasteiger partial charge in [-0.15, -0.1) is 0 Å². The fraction of sp³-hybridized carbons (Fsp3) is 0.381. The van der Waals surface area contributed by atoms with Crippen LogP contribution in [0.15, 0.2) is 29.1 Å². The molecule has 1 atom stereocenters. The molecule has 0 spiro atoms. The van der Waals surface area contributed by atoms with E-state index in [1.165, 1.54) is 11.3 Å². The van der Waals surface area contributed by atoms with Gasteiger partial charge in [0.05, 0.1) is 12.1 Å². The summed E-state index contributed by atoms with van der Waals surface area (Å²) in [5, 5.41) is 10.1. The second-order valence-corrected chi connectivity index (χ2v) is 8.86. The summed E-state index contributed by atoms with van der Waals surface area (Å²) in [5.41, 5.74) is 0.253. The van der Waals surface area contributed by atoms with Crippen LogP contribution >= 0.6 is 11.3 Å². The van der Waals surface area contributed by atoms with Crippen LogP contribution in [0.2, 0.25) is 0 Å². The van der Waals surface area contributed by atoms with Crippen LogP contribution in [-0.2, 0) is 5.41 Å². The van der Waals surface area contributed by atoms with E-state index in [1.54, 1.807) is 11.0 Å². The predicted molar refractivity (Wildman–Crippen MR) is 110 cm³/mol. The lowest BCUT2D eigenvalue weighted by atomic mass is 10.1. The maximum absolute atomic E-state index is 12.8. The smallest absolute Gasteiger partial charge is 0.410 e. The Labute approximate surface area is 176 Å². The van der Waals surface area contributed by atoms with Crippen molar-refractivity contribution in [2.75, 3.05) is 6.54 Å². The minimum absolute atomic E-state index is 0.254. The molecule has 152 valence electrons. The number of ether oxygens (including phenoxy) is 1. The zero-order chi connectivity index (χ0) is 20.9. The highest BCUT2D eigenvalue weighted by Crippen LogP contribution is 2.46. The van der Waals surface area contributed by atoms with E-state index in [0.717, 1.165) is 18.4 Å². The number of fused-ring (bicyclic) bond motifs is 1. The molecule has 1 aliphatic carbocycles. The van der Waals surface area contributed by atoms with Crippen LogP contribution in [0, 0.1) is 18.3 Å². The number of rotatable bonds is 3. The summed E-state index contributed by atoms with van der Waals surface area (Å²) in [5.74, 6) is 0.920. The van der Waals surface area contributed by atoms with E-state index in [-0.39, 0.29) is 17.1 Å². The Morgan fingerprint density at radius 1 is 1.40 bits per heavy atom. The van der Waals surface area contributed by atoms with Gasteiger partial charge in [0.2, 0.25) is 0 Å². The van der Waals surface area contributed by atoms with Crippen molar-refractivity contribution in [2.45, 2.75) is 44.1 Å². The minimum Gasteiger partial charge on any atom is -0.410 e. The minimum atomic E-state index is -0.672. The van der Waals surface area contributed by atoms with E-state index < -0.39 is 11.5 Å². The third kappa shape index (κ3) is 3.13. The van der Waals surface area contributed by atoms with Gasteiger partial charge in [0.15, 0.2) is 10.3 Å². The monoisotopic (exact) mass is 421 g/mol. The van der Waals surface area contributed by atoms with Crippen LogP contribution in [0.25, 0.3) is 10.3 Å². The Bertz CT molecular complexity index is 1250. The first kappa shape index (κ1) is 18.8. The Kier molecular flexibility index (Phi) is 4.33. The molecule has 2 aliphatic rings. The molecule has 9 heteroatoms. The van der Waals surface area contributed by atoms with Crippen molar-refractivity contribution >= 4 is 27.8 Å². The largest absolute Gasteiger partial charge is 0.415 e. The second-order valence-electron chi connectivity index (χ2n) is 7.85. The number of hydrogen-bond donors (Lipinski definition) is 1. The van der Waals surface area contributed by atoms with Crippen LogP contribution in [0.1, 0.15) is 48.1 Å². The lowest BCUT2D eigenvalue weighted by molar-refractivity contribution is 0.147. The first-order valence-electron chi connectivity index (χ1n) is 9.87. The summed E-state index contributed by atoms with van der Waals surface area (Å²) in [6.45, 7) is 2.51. The zero-order valence-corrected chi connectivity index (χ0v) is 17.2. The van der Waals surface area contributed by atoms with Gasteiger partial charge >= 0.3 is 6.09 Å². The van der Waals surface area contributed by atoms with Gasteiger partial charge in [0.25, 0.3) is 5.56 Å². The van der Waals surface area contributed by atoms with Gasteiger partial charge in [-0.1, -0.05) is 23.5 Å². The van der Waals surface area contributed by atoms with Crippen molar-refractivity contribution in [3.05, 3.63) is 51.0 Å². The van der Waals surface area contributed by atoms with Crippen molar-refractivity contribution in [1.82, 2.24) is 19.9 Å². The Morgan fingerprint density at radius 3 is 2.97 bits per heavy atom. The number of nitrogens with one attached hydrogen (secondary N) is 1. The number of carbonyl (C=O) groups is 1. The number of aromatic amines is 1. The number of thiazole rings is 1. The number of H-pyrrole nitrogens is 1. The topological polar surface area (TPSA) is 112 Å². The molecule has 1 saturated heterocycles. The van der Waals surface area contributed by atoms with Crippen molar-refractivity contribution in [1.29, 1.82) is 5.26 Å². The number of hydrogen-bond acceptors (Lipinski definition) is 7. The molecule has 1 aromatic carbocycles. The number of amides is 1. The van der Waals surface area contributed by atoms with Gasteiger partial charge in [0, 0.05) is 6.54 Å². The van der Waals surface area contributed by atoms with Crippen LogP contribution in [0.3, 0.4) is 0 Å². The first-order valence-corrected chi connectivity index (χ1v) is 10.7. The number of aromatic nitrogens is 3. The van der Waals surface area contributed by atoms with Gasteiger partial charge in [-0.3, -0.25) is 9.69 Å². The van der Waals surface area contributed by atoms with Gasteiger partial charge < -0.3 is 9.72 Å². The molecule has 3 aromatic rings. The standard InChI is InChI=1S/C21H19N5O3S/c1-12-4-2-5-13(10-12)29-20(28)26-9-3-6-14(26)17-23-15-16(27)24-19(25-18(15)30-17)21(11-22)7-8-21/h2,4-5,10,14H,3,6-9H2,1H3,(H,24,25,27). The molecule has 0 bridgehead atoms. The molecule has 2 aromatic heterocycles. The van der Waals surface area contributed by atoms with E-state index in [9.17, 15) is 14.9 Å². The summed E-state index contributed by atoms with van der Waals surface area (Å²) < 4.78 is 5.56. The first-order chi connectivity index (χ1) is 14.5. The normalized spacial score (nSPS) is 19.6. The van der Waals surface area contributed by atoms with Crippen LogP contribution in [-0.4, -0.2) is 32.5 Å². The number of carbonyl (C=O) groups excluding carboxylic acids is 1. The summed E-state index contributed by atoms with van der Waals surface area (Å²) in [7, 11) is 0. The predicted octanol–water partition coefficient (Wildman–Crippen LogP) is 3.58. The van der Waals surface area contributed by atoms with Crippen molar-refractivity contribution in [3.8, 4) is 11.8 Å². The Balaban J connectivity index is 1.44. The summed E-state index contributed by atoms with van der Waals surface area (Å²) in [6, 6.07) is 9.35. The molecule has 1 aliphatic heterocycles. The molecule has 1 amide bonds. The molecule has 1 unspecified atom stereocenters. The quantitative estimate of drug-likeness (QED) is 0.692. The molecule has 0 radical (unpaired) electrons. The summed E-state index contributed by atoms with van der Waals surface area (Å²) in [6.07, 6.45) is 2.55. The molecule has 8 nitrogen and oxygen atoms in total. The van der Waals surface area contributed by atoms with E-state index in [2.05, 4.69) is 21.0 Å². The van der Waals surface area contributed by atoms with E-state index >= 15 is 0 Å². The van der Waals surface area contributed by atoms with Crippen molar-refractivity contribution in [2.24, 2.45) is 0 Å². The van der Waals surface area contributed by atoms with Crippen molar-refractivity contribution in [3.63, 3.8) is 0 Å². The second kappa shape index (κ2) is 6.92. The number of aryl methyl sites for hydroxylation is 1. The SMILES string of the molecule is Cc1cccc(OC(=O)N2CCCC2c2nc3c(=O)[nH]c(C4(C#N)CC4)nc3s2)c1. The van der Waals surface area contributed by atoms with Gasteiger partial charge in [-0.05, 0) is 50.3 Å². The molecular formula is C21H19N5O3S. The number of benzene rings is 1. The maximum Gasteiger partial charge on any atom is 0.415 e. The van der Waals surface area contributed by atoms with Crippen molar-refractivity contribution < 1.29 is 9.53 Å². The lowest BCUT2D eigenvalue weighted by Gasteiger charge is -2.22. The summed E-state index contributed by atoms with van der Waals surface area (Å²) in [4.78, 5) is 39.2. The number of nitrogens with zero attached hydrogens (tertiary/aromatic N) is 4. The van der Waals surface area contributed by atoms with Gasteiger partial charge in [0.1, 0.15) is 22.0 Å². The maximum atomic E-state index is 12.8. The van der Waals surface area contributed by atoms with Gasteiger partial charge in [-0.25, -0.2) is 14.8 Å². The van der Waals surface area contributed by atoms with E-state index in [0.29, 0.717) is 40.8 Å². The third-order valence-corrected chi connectivity index (χ3v) is 6.72. The fourth-order valence-corrected chi connectivity index (χ4v) is 4.91. The highest BCUT2D eigenvalue weighted by atomic mass is 32.1. The summed E-state index contributed by atoms with van der Waals surface area (Å²) >= 11 is 1.31. The molecule has 1 saturated carbocycles. The van der Waals surface area contributed by atoms with E-state index in [1.807, 2.05) is 25.1 Å². The van der Waals surface area contributed by atoms with Gasteiger partial charge in [-0.2, -0.15) is 5.26 Å². The molecule has 3 heterocycles. The average Bonchev–Trinajstić information content (AvgIpc) is 3.16. The zero-order valence-electron chi connectivity index (χ0n) is 16.3. The van der Waals surface area contributed by atoms with Crippen LogP contribution in [0.4, 0.5) is 4.79 Å². The third-order valence-electron chi connectivity index (χ3n) is 5.67. The van der Waals surface area contributed by atoms with E-state index in [4.69, 9.17) is 4.74 Å². The molecule has 1 N–H and O–H groups in total. The lowest BCUT2D eigenvalue weighted by Crippen LogP contribution is -2.33. The number of nitriles is 1. The fourth-order valence-electron chi connectivity index (χ4n) is 3.82. The van der Waals surface area contributed by atoms with Crippen LogP contribution in [0.5, 0.6) is 5.75 Å². The highest BCUT2D eigenvalue weighted by molar-refractivity contribution is 7.18.